The van der Waals surface area contributed by atoms with Crippen LogP contribution in [0, 0.1) is 5.41 Å². The highest BCUT2D eigenvalue weighted by molar-refractivity contribution is 5.75. The Balaban J connectivity index is 2.22. The SMILES string of the molecule is CC(C)(C)C(=O)OCN1CCOCC1. The molecule has 0 radical (unpaired) electrons. The van der Waals surface area contributed by atoms with E-state index < -0.39 is 5.41 Å². The Kier molecular flexibility index (Phi) is 3.89. The molecule has 0 aromatic carbocycles. The molecule has 1 saturated heterocycles. The molecule has 0 saturated carbocycles. The molecule has 82 valence electrons. The van der Waals surface area contributed by atoms with Gasteiger partial charge in [-0.2, -0.15) is 0 Å². The summed E-state index contributed by atoms with van der Waals surface area (Å²) >= 11 is 0. The number of carbonyl (C=O) groups is 1. The minimum Gasteiger partial charge on any atom is -0.449 e. The molecule has 0 N–H and O–H groups in total. The Morgan fingerprint density at radius 2 is 1.93 bits per heavy atom. The molecule has 4 nitrogen and oxygen atoms in total. The van der Waals surface area contributed by atoms with Gasteiger partial charge < -0.3 is 9.47 Å². The van der Waals surface area contributed by atoms with Crippen LogP contribution in [0.1, 0.15) is 20.8 Å². The van der Waals surface area contributed by atoms with E-state index in [1.165, 1.54) is 0 Å². The van der Waals surface area contributed by atoms with Crippen LogP contribution in [-0.2, 0) is 14.3 Å². The van der Waals surface area contributed by atoms with Gasteiger partial charge in [-0.1, -0.05) is 0 Å². The third-order valence-corrected chi connectivity index (χ3v) is 2.09. The molecule has 14 heavy (non-hydrogen) atoms. The summed E-state index contributed by atoms with van der Waals surface area (Å²) in [5, 5.41) is 0. The molecule has 1 aliphatic rings. The van der Waals surface area contributed by atoms with E-state index >= 15 is 0 Å². The predicted octanol–water partition coefficient (Wildman–Crippen LogP) is 0.865. The molecule has 0 aromatic heterocycles. The van der Waals surface area contributed by atoms with Gasteiger partial charge in [0.2, 0.25) is 0 Å². The van der Waals surface area contributed by atoms with E-state index in [1.807, 2.05) is 20.8 Å². The monoisotopic (exact) mass is 201 g/mol. The van der Waals surface area contributed by atoms with E-state index in [-0.39, 0.29) is 5.97 Å². The first-order valence-electron chi connectivity index (χ1n) is 4.97. The number of carbonyl (C=O) groups excluding carboxylic acids is 1. The van der Waals surface area contributed by atoms with E-state index in [0.717, 1.165) is 26.3 Å². The van der Waals surface area contributed by atoms with E-state index in [1.54, 1.807) is 0 Å². The quantitative estimate of drug-likeness (QED) is 0.621. The van der Waals surface area contributed by atoms with Crippen molar-refractivity contribution in [3.05, 3.63) is 0 Å². The van der Waals surface area contributed by atoms with Crippen LogP contribution in [0.15, 0.2) is 0 Å². The van der Waals surface area contributed by atoms with Crippen LogP contribution in [0.3, 0.4) is 0 Å². The normalized spacial score (nSPS) is 19.4. The van der Waals surface area contributed by atoms with Gasteiger partial charge in [0.05, 0.1) is 18.6 Å². The smallest absolute Gasteiger partial charge is 0.312 e. The van der Waals surface area contributed by atoms with Crippen molar-refractivity contribution >= 4 is 5.97 Å². The molecular formula is C10H19NO3. The summed E-state index contributed by atoms with van der Waals surface area (Å²) in [6.45, 7) is 9.10. The van der Waals surface area contributed by atoms with Gasteiger partial charge in [0, 0.05) is 13.1 Å². The summed E-state index contributed by atoms with van der Waals surface area (Å²) in [5.41, 5.74) is -0.410. The third-order valence-electron chi connectivity index (χ3n) is 2.09. The fourth-order valence-electron chi connectivity index (χ4n) is 1.10. The van der Waals surface area contributed by atoms with Crippen LogP contribution in [-0.4, -0.2) is 43.9 Å². The fourth-order valence-corrected chi connectivity index (χ4v) is 1.10. The van der Waals surface area contributed by atoms with Crippen LogP contribution in [0.4, 0.5) is 0 Å². The highest BCUT2D eigenvalue weighted by Gasteiger charge is 2.23. The average molecular weight is 201 g/mol. The lowest BCUT2D eigenvalue weighted by molar-refractivity contribution is -0.159. The number of hydrogen-bond donors (Lipinski definition) is 0. The van der Waals surface area contributed by atoms with E-state index in [4.69, 9.17) is 9.47 Å². The molecule has 0 spiro atoms. The molecule has 0 aromatic rings. The predicted molar refractivity (Wildman–Crippen MR) is 52.8 cm³/mol. The maximum absolute atomic E-state index is 11.4. The van der Waals surface area contributed by atoms with Crippen molar-refractivity contribution in [1.82, 2.24) is 4.90 Å². The summed E-state index contributed by atoms with van der Waals surface area (Å²) in [6.07, 6.45) is 0. The third kappa shape index (κ3) is 3.64. The lowest BCUT2D eigenvalue weighted by Crippen LogP contribution is -2.39. The van der Waals surface area contributed by atoms with Gasteiger partial charge in [-0.15, -0.1) is 0 Å². The Labute approximate surface area is 85.2 Å². The van der Waals surface area contributed by atoms with Gasteiger partial charge in [0.1, 0.15) is 6.73 Å². The van der Waals surface area contributed by atoms with Crippen molar-refractivity contribution in [1.29, 1.82) is 0 Å². The second-order valence-electron chi connectivity index (χ2n) is 4.54. The summed E-state index contributed by atoms with van der Waals surface area (Å²) in [4.78, 5) is 13.5. The van der Waals surface area contributed by atoms with Crippen LogP contribution in [0.25, 0.3) is 0 Å². The Bertz CT molecular complexity index is 192. The minimum absolute atomic E-state index is 0.149. The molecule has 0 bridgehead atoms. The minimum atomic E-state index is -0.410. The van der Waals surface area contributed by atoms with Crippen LogP contribution in [0.5, 0.6) is 0 Å². The highest BCUT2D eigenvalue weighted by Crippen LogP contribution is 2.15. The van der Waals surface area contributed by atoms with Gasteiger partial charge >= 0.3 is 5.97 Å². The van der Waals surface area contributed by atoms with E-state index in [9.17, 15) is 4.79 Å². The molecular weight excluding hydrogens is 182 g/mol. The zero-order valence-electron chi connectivity index (χ0n) is 9.21. The van der Waals surface area contributed by atoms with Crippen molar-refractivity contribution in [3.63, 3.8) is 0 Å². The van der Waals surface area contributed by atoms with Gasteiger partial charge in [-0.25, -0.2) is 0 Å². The Morgan fingerprint density at radius 3 is 2.43 bits per heavy atom. The molecule has 0 unspecified atom stereocenters. The molecule has 0 aliphatic carbocycles. The number of morpholine rings is 1. The second kappa shape index (κ2) is 4.75. The summed E-state index contributed by atoms with van der Waals surface area (Å²) in [5.74, 6) is -0.149. The number of rotatable bonds is 2. The number of hydrogen-bond acceptors (Lipinski definition) is 4. The fraction of sp³-hybridized carbons (Fsp3) is 0.900. The standard InChI is InChI=1S/C10H19NO3/c1-10(2,3)9(12)14-8-11-4-6-13-7-5-11/h4-8H2,1-3H3. The number of ether oxygens (including phenoxy) is 2. The van der Waals surface area contributed by atoms with Crippen LogP contribution in [0.2, 0.25) is 0 Å². The second-order valence-corrected chi connectivity index (χ2v) is 4.54. The first-order chi connectivity index (χ1) is 6.50. The average Bonchev–Trinajstić information content (AvgIpc) is 2.14. The summed E-state index contributed by atoms with van der Waals surface area (Å²) < 4.78 is 10.4. The van der Waals surface area contributed by atoms with Gasteiger partial charge in [0.25, 0.3) is 0 Å². The van der Waals surface area contributed by atoms with Crippen LogP contribution >= 0.6 is 0 Å². The molecule has 1 heterocycles. The number of nitrogens with zero attached hydrogens (tertiary/aromatic N) is 1. The van der Waals surface area contributed by atoms with E-state index in [2.05, 4.69) is 4.90 Å². The van der Waals surface area contributed by atoms with Gasteiger partial charge in [-0.05, 0) is 20.8 Å². The Morgan fingerprint density at radius 1 is 1.36 bits per heavy atom. The lowest BCUT2D eigenvalue weighted by atomic mass is 9.98. The molecule has 1 aliphatic heterocycles. The topological polar surface area (TPSA) is 38.8 Å². The van der Waals surface area contributed by atoms with Crippen LogP contribution < -0.4 is 0 Å². The molecule has 4 heteroatoms. The van der Waals surface area contributed by atoms with E-state index in [0.29, 0.717) is 6.73 Å². The maximum atomic E-state index is 11.4. The highest BCUT2D eigenvalue weighted by atomic mass is 16.5. The zero-order valence-corrected chi connectivity index (χ0v) is 9.21. The molecule has 0 amide bonds. The first kappa shape index (κ1) is 11.5. The molecule has 1 rings (SSSR count). The van der Waals surface area contributed by atoms with Gasteiger partial charge in [0.15, 0.2) is 0 Å². The maximum Gasteiger partial charge on any atom is 0.312 e. The number of esters is 1. The van der Waals surface area contributed by atoms with Gasteiger partial charge in [-0.3, -0.25) is 9.69 Å². The van der Waals surface area contributed by atoms with Crippen molar-refractivity contribution in [2.24, 2.45) is 5.41 Å². The Hall–Kier alpha value is -0.610. The summed E-state index contributed by atoms with van der Waals surface area (Å²) in [7, 11) is 0. The summed E-state index contributed by atoms with van der Waals surface area (Å²) in [6, 6.07) is 0. The van der Waals surface area contributed by atoms with Crippen molar-refractivity contribution in [2.75, 3.05) is 33.0 Å². The van der Waals surface area contributed by atoms with Crippen molar-refractivity contribution in [2.45, 2.75) is 20.8 Å². The van der Waals surface area contributed by atoms with Crippen molar-refractivity contribution in [3.8, 4) is 0 Å². The van der Waals surface area contributed by atoms with Crippen molar-refractivity contribution < 1.29 is 14.3 Å². The first-order valence-corrected chi connectivity index (χ1v) is 4.97. The zero-order chi connectivity index (χ0) is 10.6. The molecule has 0 atom stereocenters. The lowest BCUT2D eigenvalue weighted by Gasteiger charge is -2.27. The molecule has 1 fully saturated rings. The largest absolute Gasteiger partial charge is 0.449 e.